The average Bonchev–Trinajstić information content (AvgIpc) is 3.02. The first-order valence-corrected chi connectivity index (χ1v) is 9.10. The zero-order chi connectivity index (χ0) is 20.0. The Labute approximate surface area is 158 Å². The van der Waals surface area contributed by atoms with E-state index in [0.29, 0.717) is 12.8 Å². The maximum absolute atomic E-state index is 12.4. The first-order chi connectivity index (χ1) is 12.8. The SMILES string of the molecule is CNC(=O)[C@H](Cc1c[nH]c2ccccc12)NC(=O)CC(CC(C)C)C(=O)O. The van der Waals surface area contributed by atoms with Crippen molar-refractivity contribution in [3.63, 3.8) is 0 Å². The van der Waals surface area contributed by atoms with Gasteiger partial charge >= 0.3 is 5.97 Å². The molecule has 0 aliphatic heterocycles. The lowest BCUT2D eigenvalue weighted by Crippen LogP contribution is -2.47. The summed E-state index contributed by atoms with van der Waals surface area (Å²) in [5.41, 5.74) is 1.87. The number of H-pyrrole nitrogens is 1. The molecule has 7 nitrogen and oxygen atoms in total. The smallest absolute Gasteiger partial charge is 0.307 e. The second-order valence-electron chi connectivity index (χ2n) is 7.17. The van der Waals surface area contributed by atoms with Crippen LogP contribution in [0.4, 0.5) is 0 Å². The van der Waals surface area contributed by atoms with Crippen LogP contribution < -0.4 is 10.6 Å². The number of benzene rings is 1. The number of carboxylic acid groups (broad SMARTS) is 1. The van der Waals surface area contributed by atoms with E-state index in [2.05, 4.69) is 15.6 Å². The van der Waals surface area contributed by atoms with Gasteiger partial charge in [0.25, 0.3) is 0 Å². The van der Waals surface area contributed by atoms with Gasteiger partial charge in [-0.05, 0) is 24.0 Å². The van der Waals surface area contributed by atoms with Crippen molar-refractivity contribution in [1.82, 2.24) is 15.6 Å². The molecule has 2 aromatic rings. The van der Waals surface area contributed by atoms with Gasteiger partial charge in [0.2, 0.25) is 11.8 Å². The predicted molar refractivity (Wildman–Crippen MR) is 103 cm³/mol. The van der Waals surface area contributed by atoms with Crippen molar-refractivity contribution in [3.05, 3.63) is 36.0 Å². The van der Waals surface area contributed by atoms with Gasteiger partial charge in [-0.2, -0.15) is 0 Å². The summed E-state index contributed by atoms with van der Waals surface area (Å²) in [5, 5.41) is 15.6. The number of hydrogen-bond donors (Lipinski definition) is 4. The van der Waals surface area contributed by atoms with Gasteiger partial charge in [-0.3, -0.25) is 14.4 Å². The molecule has 2 rings (SSSR count). The molecular formula is C20H27N3O4. The number of rotatable bonds is 9. The number of amides is 2. The van der Waals surface area contributed by atoms with E-state index in [1.807, 2.05) is 44.3 Å². The number of aromatic nitrogens is 1. The number of likely N-dealkylation sites (N-methyl/N-ethyl adjacent to an activating group) is 1. The van der Waals surface area contributed by atoms with Gasteiger partial charge in [-0.15, -0.1) is 0 Å². The number of nitrogens with one attached hydrogen (secondary N) is 3. The van der Waals surface area contributed by atoms with Gasteiger partial charge in [-0.1, -0.05) is 32.0 Å². The van der Waals surface area contributed by atoms with Crippen LogP contribution in [0.1, 0.15) is 32.3 Å². The number of fused-ring (bicyclic) bond motifs is 1. The molecule has 0 radical (unpaired) electrons. The Kier molecular flexibility index (Phi) is 6.98. The minimum absolute atomic E-state index is 0.144. The molecule has 1 aromatic heterocycles. The summed E-state index contributed by atoms with van der Waals surface area (Å²) in [6.45, 7) is 3.83. The van der Waals surface area contributed by atoms with Crippen LogP contribution in [-0.2, 0) is 20.8 Å². The highest BCUT2D eigenvalue weighted by atomic mass is 16.4. The van der Waals surface area contributed by atoms with Crippen molar-refractivity contribution in [2.75, 3.05) is 7.05 Å². The fraction of sp³-hybridized carbons (Fsp3) is 0.450. The Balaban J connectivity index is 2.11. The second kappa shape index (κ2) is 9.21. The standard InChI is InChI=1S/C20H27N3O4/c1-12(2)8-13(20(26)27)10-18(24)23-17(19(25)21-3)9-14-11-22-16-7-5-4-6-15(14)16/h4-7,11-13,17,22H,8-10H2,1-3H3,(H,21,25)(H,23,24)(H,26,27)/t13?,17-/m0/s1. The van der Waals surface area contributed by atoms with Crippen molar-refractivity contribution in [2.45, 2.75) is 39.2 Å². The van der Waals surface area contributed by atoms with Crippen molar-refractivity contribution in [3.8, 4) is 0 Å². The van der Waals surface area contributed by atoms with E-state index in [1.165, 1.54) is 7.05 Å². The summed E-state index contributed by atoms with van der Waals surface area (Å²) in [4.78, 5) is 39.2. The molecule has 2 atom stereocenters. The minimum atomic E-state index is -0.994. The Morgan fingerprint density at radius 3 is 2.52 bits per heavy atom. The summed E-state index contributed by atoms with van der Waals surface area (Å²) in [6.07, 6.45) is 2.41. The van der Waals surface area contributed by atoms with Gasteiger partial charge in [0.1, 0.15) is 6.04 Å². The maximum atomic E-state index is 12.4. The number of hydrogen-bond acceptors (Lipinski definition) is 3. The minimum Gasteiger partial charge on any atom is -0.481 e. The van der Waals surface area contributed by atoms with Crippen LogP contribution in [0.25, 0.3) is 10.9 Å². The van der Waals surface area contributed by atoms with Gasteiger partial charge < -0.3 is 20.7 Å². The van der Waals surface area contributed by atoms with E-state index in [0.717, 1.165) is 16.5 Å². The number of para-hydroxylation sites is 1. The lowest BCUT2D eigenvalue weighted by Gasteiger charge is -2.19. The molecule has 0 saturated carbocycles. The fourth-order valence-corrected chi connectivity index (χ4v) is 3.22. The highest BCUT2D eigenvalue weighted by Gasteiger charge is 2.26. The largest absolute Gasteiger partial charge is 0.481 e. The number of carboxylic acids is 1. The predicted octanol–water partition coefficient (Wildman–Crippen LogP) is 2.08. The molecule has 0 saturated heterocycles. The second-order valence-corrected chi connectivity index (χ2v) is 7.17. The molecule has 1 aromatic carbocycles. The molecule has 1 heterocycles. The third kappa shape index (κ3) is 5.57. The summed E-state index contributed by atoms with van der Waals surface area (Å²) in [7, 11) is 1.51. The van der Waals surface area contributed by atoms with E-state index < -0.39 is 23.8 Å². The number of carbonyl (C=O) groups is 3. The van der Waals surface area contributed by atoms with Gasteiger partial charge in [0, 0.05) is 37.0 Å². The molecule has 2 amide bonds. The first kappa shape index (κ1) is 20.5. The topological polar surface area (TPSA) is 111 Å². The normalized spacial score (nSPS) is 13.3. The molecule has 0 aliphatic rings. The summed E-state index contributed by atoms with van der Waals surface area (Å²) in [6, 6.07) is 6.95. The molecule has 146 valence electrons. The summed E-state index contributed by atoms with van der Waals surface area (Å²) in [5.74, 6) is -2.34. The van der Waals surface area contributed by atoms with E-state index >= 15 is 0 Å². The number of aromatic amines is 1. The van der Waals surface area contributed by atoms with Crippen LogP contribution >= 0.6 is 0 Å². The van der Waals surface area contributed by atoms with Crippen LogP contribution in [0.15, 0.2) is 30.5 Å². The Bertz CT molecular complexity index is 812. The van der Waals surface area contributed by atoms with E-state index in [-0.39, 0.29) is 18.2 Å². The molecule has 0 spiro atoms. The van der Waals surface area contributed by atoms with E-state index in [9.17, 15) is 19.5 Å². The van der Waals surface area contributed by atoms with Crippen LogP contribution in [0.2, 0.25) is 0 Å². The fourth-order valence-electron chi connectivity index (χ4n) is 3.22. The molecule has 0 aliphatic carbocycles. The zero-order valence-electron chi connectivity index (χ0n) is 15.9. The van der Waals surface area contributed by atoms with Gasteiger partial charge in [0.05, 0.1) is 5.92 Å². The first-order valence-electron chi connectivity index (χ1n) is 9.10. The molecule has 4 N–H and O–H groups in total. The lowest BCUT2D eigenvalue weighted by molar-refractivity contribution is -0.144. The quantitative estimate of drug-likeness (QED) is 0.539. The monoisotopic (exact) mass is 373 g/mol. The number of carbonyl (C=O) groups excluding carboxylic acids is 2. The Morgan fingerprint density at radius 2 is 1.89 bits per heavy atom. The number of aliphatic carboxylic acids is 1. The van der Waals surface area contributed by atoms with Crippen LogP contribution in [0.3, 0.4) is 0 Å². The van der Waals surface area contributed by atoms with Crippen LogP contribution in [0.5, 0.6) is 0 Å². The van der Waals surface area contributed by atoms with E-state index in [1.54, 1.807) is 0 Å². The van der Waals surface area contributed by atoms with Crippen molar-refractivity contribution < 1.29 is 19.5 Å². The summed E-state index contributed by atoms with van der Waals surface area (Å²) >= 11 is 0. The molecule has 1 unspecified atom stereocenters. The molecule has 0 bridgehead atoms. The van der Waals surface area contributed by atoms with Crippen molar-refractivity contribution in [1.29, 1.82) is 0 Å². The van der Waals surface area contributed by atoms with Crippen LogP contribution in [0, 0.1) is 11.8 Å². The zero-order valence-corrected chi connectivity index (χ0v) is 15.9. The Hall–Kier alpha value is -2.83. The molecular weight excluding hydrogens is 346 g/mol. The highest BCUT2D eigenvalue weighted by Crippen LogP contribution is 2.20. The third-order valence-corrected chi connectivity index (χ3v) is 4.53. The van der Waals surface area contributed by atoms with Crippen molar-refractivity contribution >= 4 is 28.7 Å². The van der Waals surface area contributed by atoms with E-state index in [4.69, 9.17) is 0 Å². The Morgan fingerprint density at radius 1 is 1.19 bits per heavy atom. The summed E-state index contributed by atoms with van der Waals surface area (Å²) < 4.78 is 0. The maximum Gasteiger partial charge on any atom is 0.307 e. The highest BCUT2D eigenvalue weighted by molar-refractivity contribution is 5.90. The van der Waals surface area contributed by atoms with Gasteiger partial charge in [0.15, 0.2) is 0 Å². The molecule has 0 fully saturated rings. The van der Waals surface area contributed by atoms with Gasteiger partial charge in [-0.25, -0.2) is 0 Å². The molecule has 27 heavy (non-hydrogen) atoms. The van der Waals surface area contributed by atoms with Crippen molar-refractivity contribution in [2.24, 2.45) is 11.8 Å². The molecule has 7 heteroatoms. The lowest BCUT2D eigenvalue weighted by atomic mass is 9.93. The van der Waals surface area contributed by atoms with Crippen LogP contribution in [-0.4, -0.2) is 41.0 Å². The average molecular weight is 373 g/mol. The third-order valence-electron chi connectivity index (χ3n) is 4.53.